The molecule has 0 unspecified atom stereocenters. The number of aromatic nitrogens is 1. The number of likely N-dealkylation sites (tertiary alicyclic amines) is 1. The first-order chi connectivity index (χ1) is 11.2. The number of nitrogens with zero attached hydrogens (tertiary/aromatic N) is 2. The lowest BCUT2D eigenvalue weighted by atomic mass is 9.79. The van der Waals surface area contributed by atoms with Crippen LogP contribution in [-0.2, 0) is 17.8 Å². The second-order valence-corrected chi connectivity index (χ2v) is 8.11. The second kappa shape index (κ2) is 7.31. The molecule has 128 valence electrons. The van der Waals surface area contributed by atoms with E-state index in [-0.39, 0.29) is 11.4 Å². The molecule has 0 spiro atoms. The zero-order chi connectivity index (χ0) is 16.3. The Morgan fingerprint density at radius 3 is 2.52 bits per heavy atom. The molecule has 2 aliphatic rings. The summed E-state index contributed by atoms with van der Waals surface area (Å²) >= 11 is 1.74. The fraction of sp³-hybridized carbons (Fsp3) is 0.778. The van der Waals surface area contributed by atoms with Crippen molar-refractivity contribution >= 4 is 17.2 Å². The summed E-state index contributed by atoms with van der Waals surface area (Å²) < 4.78 is 0. The smallest absolute Gasteiger partial charge is 0.240 e. The summed E-state index contributed by atoms with van der Waals surface area (Å²) in [5, 5.41) is 4.42. The summed E-state index contributed by atoms with van der Waals surface area (Å²) in [5.41, 5.74) is 0.840. The molecule has 0 aromatic carbocycles. The van der Waals surface area contributed by atoms with Crippen molar-refractivity contribution in [2.75, 3.05) is 13.1 Å². The second-order valence-electron chi connectivity index (χ2n) is 6.94. The quantitative estimate of drug-likeness (QED) is 0.896. The molecule has 1 N–H and O–H groups in total. The third-order valence-electron chi connectivity index (χ3n) is 5.46. The maximum absolute atomic E-state index is 13.1. The fourth-order valence-corrected chi connectivity index (χ4v) is 5.05. The first-order valence-corrected chi connectivity index (χ1v) is 9.96. The van der Waals surface area contributed by atoms with Gasteiger partial charge >= 0.3 is 0 Å². The lowest BCUT2D eigenvalue weighted by molar-refractivity contribution is -0.135. The Labute approximate surface area is 143 Å². The lowest BCUT2D eigenvalue weighted by Crippen LogP contribution is -2.58. The molecule has 0 bridgehead atoms. The monoisotopic (exact) mass is 335 g/mol. The van der Waals surface area contributed by atoms with Gasteiger partial charge in [0, 0.05) is 4.88 Å². The number of amides is 1. The van der Waals surface area contributed by atoms with E-state index in [1.54, 1.807) is 11.3 Å². The van der Waals surface area contributed by atoms with Gasteiger partial charge in [-0.3, -0.25) is 9.69 Å². The summed E-state index contributed by atoms with van der Waals surface area (Å²) in [5.74, 6) is 0.255. The number of nitrogens with one attached hydrogen (secondary N) is 1. The molecule has 1 aliphatic carbocycles. The van der Waals surface area contributed by atoms with Crippen molar-refractivity contribution in [2.45, 2.75) is 77.3 Å². The van der Waals surface area contributed by atoms with Gasteiger partial charge in [-0.2, -0.15) is 0 Å². The Morgan fingerprint density at radius 2 is 1.91 bits per heavy atom. The number of hydrogen-bond donors (Lipinski definition) is 1. The predicted octanol–water partition coefficient (Wildman–Crippen LogP) is 3.43. The Bertz CT molecular complexity index is 542. The van der Waals surface area contributed by atoms with Gasteiger partial charge in [0.25, 0.3) is 0 Å². The van der Waals surface area contributed by atoms with Gasteiger partial charge in [0.15, 0.2) is 0 Å². The molecule has 0 radical (unpaired) electrons. The number of rotatable bonds is 5. The van der Waals surface area contributed by atoms with Crippen molar-refractivity contribution < 1.29 is 4.79 Å². The highest BCUT2D eigenvalue weighted by Crippen LogP contribution is 2.36. The molecule has 2 fully saturated rings. The molecule has 5 heteroatoms. The summed E-state index contributed by atoms with van der Waals surface area (Å²) in [6, 6.07) is 0. The van der Waals surface area contributed by atoms with E-state index in [4.69, 9.17) is 0 Å². The largest absolute Gasteiger partial charge is 0.350 e. The molecule has 1 saturated heterocycles. The van der Waals surface area contributed by atoms with Crippen LogP contribution in [0, 0.1) is 6.92 Å². The SMILES string of the molecule is CCc1nc(C)c(CNC(=O)C2(N3CCCC3)CCCCC2)s1. The van der Waals surface area contributed by atoms with Crippen LogP contribution in [0.4, 0.5) is 0 Å². The van der Waals surface area contributed by atoms with E-state index >= 15 is 0 Å². The summed E-state index contributed by atoms with van der Waals surface area (Å²) in [7, 11) is 0. The van der Waals surface area contributed by atoms with E-state index in [2.05, 4.69) is 22.1 Å². The van der Waals surface area contributed by atoms with Crippen LogP contribution in [0.3, 0.4) is 0 Å². The van der Waals surface area contributed by atoms with Crippen LogP contribution in [0.2, 0.25) is 0 Å². The highest BCUT2D eigenvalue weighted by Gasteiger charge is 2.45. The average Bonchev–Trinajstić information content (AvgIpc) is 3.23. The van der Waals surface area contributed by atoms with Gasteiger partial charge in [-0.05, 0) is 52.1 Å². The molecule has 2 heterocycles. The van der Waals surface area contributed by atoms with Gasteiger partial charge in [0.05, 0.1) is 17.2 Å². The van der Waals surface area contributed by atoms with Crippen molar-refractivity contribution in [3.05, 3.63) is 15.6 Å². The van der Waals surface area contributed by atoms with Crippen molar-refractivity contribution in [1.82, 2.24) is 15.2 Å². The third kappa shape index (κ3) is 3.45. The summed E-state index contributed by atoms with van der Waals surface area (Å²) in [4.78, 5) is 21.4. The first kappa shape index (κ1) is 16.9. The molecule has 1 aromatic rings. The van der Waals surface area contributed by atoms with E-state index in [1.165, 1.54) is 42.0 Å². The Balaban J connectivity index is 1.69. The van der Waals surface area contributed by atoms with Crippen molar-refractivity contribution in [3.63, 3.8) is 0 Å². The van der Waals surface area contributed by atoms with Crippen LogP contribution < -0.4 is 5.32 Å². The van der Waals surface area contributed by atoms with Crippen LogP contribution in [0.15, 0.2) is 0 Å². The maximum Gasteiger partial charge on any atom is 0.240 e. The number of hydrogen-bond acceptors (Lipinski definition) is 4. The van der Waals surface area contributed by atoms with Crippen LogP contribution in [0.25, 0.3) is 0 Å². The average molecular weight is 336 g/mol. The molecule has 3 rings (SSSR count). The molecular formula is C18H29N3OS. The van der Waals surface area contributed by atoms with Gasteiger partial charge in [0.2, 0.25) is 5.91 Å². The Hall–Kier alpha value is -0.940. The van der Waals surface area contributed by atoms with Gasteiger partial charge < -0.3 is 5.32 Å². The predicted molar refractivity (Wildman–Crippen MR) is 94.7 cm³/mol. The Morgan fingerprint density at radius 1 is 1.22 bits per heavy atom. The molecule has 4 nitrogen and oxygen atoms in total. The van der Waals surface area contributed by atoms with Crippen LogP contribution >= 0.6 is 11.3 Å². The van der Waals surface area contributed by atoms with Gasteiger partial charge in [0.1, 0.15) is 5.54 Å². The van der Waals surface area contributed by atoms with Gasteiger partial charge in [-0.1, -0.05) is 26.2 Å². The number of aryl methyl sites for hydroxylation is 2. The van der Waals surface area contributed by atoms with E-state index in [0.29, 0.717) is 6.54 Å². The molecule has 23 heavy (non-hydrogen) atoms. The fourth-order valence-electron chi connectivity index (χ4n) is 4.10. The minimum absolute atomic E-state index is 0.235. The molecule has 1 amide bonds. The van der Waals surface area contributed by atoms with Crippen molar-refractivity contribution in [3.8, 4) is 0 Å². The van der Waals surface area contributed by atoms with Gasteiger partial charge in [-0.15, -0.1) is 11.3 Å². The van der Waals surface area contributed by atoms with Crippen LogP contribution in [-0.4, -0.2) is 34.4 Å². The highest BCUT2D eigenvalue weighted by atomic mass is 32.1. The van der Waals surface area contributed by atoms with E-state index in [9.17, 15) is 4.79 Å². The first-order valence-electron chi connectivity index (χ1n) is 9.14. The number of carbonyl (C=O) groups is 1. The standard InChI is InChI=1S/C18H29N3OS/c1-3-16-20-14(2)15(23-16)13-19-17(22)18(9-5-4-6-10-18)21-11-7-8-12-21/h3-13H2,1-2H3,(H,19,22). The Kier molecular flexibility index (Phi) is 5.37. The molecule has 1 aromatic heterocycles. The molecular weight excluding hydrogens is 306 g/mol. The van der Waals surface area contributed by atoms with Crippen LogP contribution in [0.1, 0.15) is 67.4 Å². The minimum Gasteiger partial charge on any atom is -0.350 e. The normalized spacial score (nSPS) is 21.5. The molecule has 0 atom stereocenters. The maximum atomic E-state index is 13.1. The zero-order valence-corrected chi connectivity index (χ0v) is 15.3. The lowest BCUT2D eigenvalue weighted by Gasteiger charge is -2.43. The van der Waals surface area contributed by atoms with Crippen molar-refractivity contribution in [1.29, 1.82) is 0 Å². The summed E-state index contributed by atoms with van der Waals surface area (Å²) in [6.07, 6.45) is 9.15. The number of thiazole rings is 1. The van der Waals surface area contributed by atoms with E-state index in [0.717, 1.165) is 38.0 Å². The summed E-state index contributed by atoms with van der Waals surface area (Å²) in [6.45, 7) is 7.00. The highest BCUT2D eigenvalue weighted by molar-refractivity contribution is 7.11. The number of carbonyl (C=O) groups excluding carboxylic acids is 1. The molecule has 1 aliphatic heterocycles. The minimum atomic E-state index is -0.235. The van der Waals surface area contributed by atoms with Crippen LogP contribution in [0.5, 0.6) is 0 Å². The third-order valence-corrected chi connectivity index (χ3v) is 6.77. The van der Waals surface area contributed by atoms with Crippen molar-refractivity contribution in [2.24, 2.45) is 0 Å². The van der Waals surface area contributed by atoms with Gasteiger partial charge in [-0.25, -0.2) is 4.98 Å². The topological polar surface area (TPSA) is 45.2 Å². The molecule has 1 saturated carbocycles. The van der Waals surface area contributed by atoms with E-state index in [1.807, 2.05) is 6.92 Å². The van der Waals surface area contributed by atoms with E-state index < -0.39 is 0 Å². The zero-order valence-electron chi connectivity index (χ0n) is 14.5.